The lowest BCUT2D eigenvalue weighted by Gasteiger charge is -2.22. The van der Waals surface area contributed by atoms with E-state index >= 15 is 0 Å². The summed E-state index contributed by atoms with van der Waals surface area (Å²) < 4.78 is 10.2. The Morgan fingerprint density at radius 1 is 1.40 bits per heavy atom. The minimum Gasteiger partial charge on any atom is -0.354 e. The molecule has 0 aliphatic heterocycles. The molecule has 1 N–H and O–H groups in total. The van der Waals surface area contributed by atoms with Gasteiger partial charge in [0, 0.05) is 20.1 Å². The number of rotatable bonds is 5. The van der Waals surface area contributed by atoms with Crippen LogP contribution in [-0.4, -0.2) is 32.5 Å². The molecule has 1 aliphatic carbocycles. The molecule has 0 radical (unpaired) electrons. The predicted octanol–water partition coefficient (Wildman–Crippen LogP) is 1.16. The molecule has 0 aromatic carbocycles. The number of hydrogen-bond donors (Lipinski definition) is 1. The summed E-state index contributed by atoms with van der Waals surface area (Å²) in [7, 11) is 3.13. The Bertz CT molecular complexity index is 236. The van der Waals surface area contributed by atoms with Crippen LogP contribution < -0.4 is 5.32 Å². The van der Waals surface area contributed by atoms with Crippen molar-refractivity contribution in [3.63, 3.8) is 0 Å². The maximum atomic E-state index is 11.7. The van der Waals surface area contributed by atoms with Crippen molar-refractivity contribution in [2.75, 3.05) is 14.2 Å². The Morgan fingerprint density at radius 2 is 1.87 bits per heavy atom. The molecule has 2 atom stereocenters. The number of ether oxygens (including phenoxy) is 2. The zero-order valence-corrected chi connectivity index (χ0v) is 10.2. The van der Waals surface area contributed by atoms with Crippen molar-refractivity contribution in [2.45, 2.75) is 39.5 Å². The first-order chi connectivity index (χ1) is 6.92. The smallest absolute Gasteiger partial charge is 0.224 e. The Morgan fingerprint density at radius 3 is 2.20 bits per heavy atom. The van der Waals surface area contributed by atoms with Gasteiger partial charge < -0.3 is 14.8 Å². The van der Waals surface area contributed by atoms with E-state index in [1.165, 1.54) is 0 Å². The van der Waals surface area contributed by atoms with E-state index in [1.807, 2.05) is 6.92 Å². The Kier molecular flexibility index (Phi) is 3.73. The lowest BCUT2D eigenvalue weighted by atomic mass is 10.1. The first-order valence-electron chi connectivity index (χ1n) is 5.28. The quantitative estimate of drug-likeness (QED) is 0.700. The minimum absolute atomic E-state index is 0.103. The van der Waals surface area contributed by atoms with E-state index in [4.69, 9.17) is 9.47 Å². The summed E-state index contributed by atoms with van der Waals surface area (Å²) >= 11 is 0. The maximum absolute atomic E-state index is 11.7. The first-order valence-corrected chi connectivity index (χ1v) is 5.28. The number of methoxy groups -OCH3 is 2. The highest BCUT2D eigenvalue weighted by Crippen LogP contribution is 2.51. The van der Waals surface area contributed by atoms with Gasteiger partial charge in [-0.05, 0) is 18.8 Å². The van der Waals surface area contributed by atoms with E-state index in [2.05, 4.69) is 19.2 Å². The maximum Gasteiger partial charge on any atom is 0.224 e. The van der Waals surface area contributed by atoms with Crippen LogP contribution >= 0.6 is 0 Å². The summed E-state index contributed by atoms with van der Waals surface area (Å²) in [5.41, 5.74) is 0.166. The summed E-state index contributed by atoms with van der Waals surface area (Å²) in [4.78, 5) is 11.7. The highest BCUT2D eigenvalue weighted by atomic mass is 16.7. The molecule has 1 saturated carbocycles. The van der Waals surface area contributed by atoms with Crippen molar-refractivity contribution >= 4 is 5.91 Å². The van der Waals surface area contributed by atoms with Crippen LogP contribution in [-0.2, 0) is 14.3 Å². The van der Waals surface area contributed by atoms with Gasteiger partial charge in [-0.15, -0.1) is 0 Å². The molecule has 0 bridgehead atoms. The van der Waals surface area contributed by atoms with E-state index in [0.29, 0.717) is 0 Å². The molecular weight excluding hydrogens is 194 g/mol. The molecule has 0 spiro atoms. The SMILES string of the molecule is COC(OC)C(C)NC(=O)C1CC1(C)C. The van der Waals surface area contributed by atoms with Crippen LogP contribution in [0, 0.1) is 11.3 Å². The van der Waals surface area contributed by atoms with Crippen LogP contribution in [0.3, 0.4) is 0 Å². The molecule has 88 valence electrons. The third kappa shape index (κ3) is 2.92. The van der Waals surface area contributed by atoms with Gasteiger partial charge in [0.15, 0.2) is 6.29 Å². The van der Waals surface area contributed by atoms with Gasteiger partial charge in [-0.2, -0.15) is 0 Å². The van der Waals surface area contributed by atoms with Crippen LogP contribution in [0.25, 0.3) is 0 Å². The van der Waals surface area contributed by atoms with Crippen molar-refractivity contribution in [3.8, 4) is 0 Å². The van der Waals surface area contributed by atoms with Crippen molar-refractivity contribution < 1.29 is 14.3 Å². The monoisotopic (exact) mass is 215 g/mol. The van der Waals surface area contributed by atoms with Gasteiger partial charge in [-0.3, -0.25) is 4.79 Å². The second-order valence-corrected chi connectivity index (χ2v) is 4.88. The van der Waals surface area contributed by atoms with E-state index in [-0.39, 0.29) is 29.6 Å². The van der Waals surface area contributed by atoms with E-state index < -0.39 is 0 Å². The van der Waals surface area contributed by atoms with Gasteiger partial charge in [0.2, 0.25) is 5.91 Å². The molecule has 1 amide bonds. The van der Waals surface area contributed by atoms with Crippen LogP contribution in [0.1, 0.15) is 27.2 Å². The van der Waals surface area contributed by atoms with Gasteiger partial charge in [0.25, 0.3) is 0 Å². The molecule has 1 rings (SSSR count). The molecule has 4 heteroatoms. The Balaban J connectivity index is 2.38. The molecule has 4 nitrogen and oxygen atoms in total. The van der Waals surface area contributed by atoms with Crippen molar-refractivity contribution in [1.29, 1.82) is 0 Å². The zero-order chi connectivity index (χ0) is 11.6. The Labute approximate surface area is 91.3 Å². The van der Waals surface area contributed by atoms with E-state index in [9.17, 15) is 4.79 Å². The average molecular weight is 215 g/mol. The number of carbonyl (C=O) groups is 1. The highest BCUT2D eigenvalue weighted by molar-refractivity contribution is 5.82. The fourth-order valence-corrected chi connectivity index (χ4v) is 1.81. The summed E-state index contributed by atoms with van der Waals surface area (Å²) in [6, 6.07) is -0.121. The second kappa shape index (κ2) is 4.49. The van der Waals surface area contributed by atoms with E-state index in [0.717, 1.165) is 6.42 Å². The summed E-state index contributed by atoms with van der Waals surface area (Å²) in [6.07, 6.45) is 0.590. The van der Waals surface area contributed by atoms with Crippen LogP contribution in [0.4, 0.5) is 0 Å². The van der Waals surface area contributed by atoms with Gasteiger partial charge in [-0.1, -0.05) is 13.8 Å². The van der Waals surface area contributed by atoms with E-state index in [1.54, 1.807) is 14.2 Å². The van der Waals surface area contributed by atoms with Gasteiger partial charge in [0.05, 0.1) is 6.04 Å². The molecule has 0 heterocycles. The molecule has 2 unspecified atom stereocenters. The molecule has 15 heavy (non-hydrogen) atoms. The minimum atomic E-state index is -0.379. The fraction of sp³-hybridized carbons (Fsp3) is 0.909. The molecule has 0 saturated heterocycles. The standard InChI is InChI=1S/C11H21NO3/c1-7(10(14-4)15-5)12-9(13)8-6-11(8,2)3/h7-8,10H,6H2,1-5H3,(H,12,13). The number of amides is 1. The molecule has 0 aromatic rings. The summed E-state index contributed by atoms with van der Waals surface area (Å²) in [6.45, 7) is 6.09. The van der Waals surface area contributed by atoms with Crippen molar-refractivity contribution in [2.24, 2.45) is 11.3 Å². The lowest BCUT2D eigenvalue weighted by Crippen LogP contribution is -2.44. The average Bonchev–Trinajstić information content (AvgIpc) is 2.77. The Hall–Kier alpha value is -0.610. The normalized spacial score (nSPS) is 25.1. The molecular formula is C11H21NO3. The van der Waals surface area contributed by atoms with Crippen LogP contribution in [0.5, 0.6) is 0 Å². The zero-order valence-electron chi connectivity index (χ0n) is 10.2. The summed E-state index contributed by atoms with van der Waals surface area (Å²) in [5, 5.41) is 2.91. The number of nitrogens with one attached hydrogen (secondary N) is 1. The molecule has 0 aromatic heterocycles. The van der Waals surface area contributed by atoms with Gasteiger partial charge >= 0.3 is 0 Å². The van der Waals surface area contributed by atoms with Crippen molar-refractivity contribution in [1.82, 2.24) is 5.32 Å². The largest absolute Gasteiger partial charge is 0.354 e. The fourth-order valence-electron chi connectivity index (χ4n) is 1.81. The molecule has 1 aliphatic rings. The molecule has 1 fully saturated rings. The third-order valence-electron chi connectivity index (χ3n) is 3.07. The highest BCUT2D eigenvalue weighted by Gasteiger charge is 2.50. The topological polar surface area (TPSA) is 47.6 Å². The predicted molar refractivity (Wildman–Crippen MR) is 57.3 cm³/mol. The third-order valence-corrected chi connectivity index (χ3v) is 3.07. The number of hydrogen-bond acceptors (Lipinski definition) is 3. The second-order valence-electron chi connectivity index (χ2n) is 4.88. The lowest BCUT2D eigenvalue weighted by molar-refractivity contribution is -0.137. The first kappa shape index (κ1) is 12.5. The van der Waals surface area contributed by atoms with Crippen LogP contribution in [0.2, 0.25) is 0 Å². The number of carbonyl (C=O) groups excluding carboxylic acids is 1. The van der Waals surface area contributed by atoms with Crippen molar-refractivity contribution in [3.05, 3.63) is 0 Å². The summed E-state index contributed by atoms with van der Waals surface area (Å²) in [5.74, 6) is 0.251. The van der Waals surface area contributed by atoms with Gasteiger partial charge in [-0.25, -0.2) is 0 Å². The van der Waals surface area contributed by atoms with Gasteiger partial charge in [0.1, 0.15) is 0 Å². The van der Waals surface area contributed by atoms with Crippen LogP contribution in [0.15, 0.2) is 0 Å².